The number of pyridine rings is 6. The number of benzene rings is 12. The molecule has 2 aliphatic rings. The van der Waals surface area contributed by atoms with Crippen LogP contribution in [0.2, 0.25) is 65.3 Å². The van der Waals surface area contributed by atoms with E-state index in [4.69, 9.17) is 156 Å². The third-order valence-electron chi connectivity index (χ3n) is 26.0. The molecule has 6 heterocycles. The van der Waals surface area contributed by atoms with Crippen LogP contribution in [-0.4, -0.2) is 112 Å². The van der Waals surface area contributed by atoms with Gasteiger partial charge in [0.05, 0.1) is 131 Å². The molecular weight excluding hydrogens is 2200 g/mol. The Morgan fingerprint density at radius 2 is 0.607 bits per heavy atom. The number of aryl methyl sites for hydroxylation is 1. The monoisotopic (exact) mass is 2280 g/mol. The molecule has 2 saturated carbocycles. The number of aliphatic carboxylic acids is 6. The first-order valence-electron chi connectivity index (χ1n) is 47.3. The number of carboxylic acids is 6. The quantitative estimate of drug-likeness (QED) is 0.0194. The molecule has 9 N–H and O–H groups in total. The molecule has 0 amide bonds. The van der Waals surface area contributed by atoms with E-state index in [1.807, 2.05) is 64.1 Å². The van der Waals surface area contributed by atoms with E-state index in [1.165, 1.54) is 88.2 Å². The second-order valence-corrected chi connectivity index (χ2v) is 41.6. The number of hydrogen-bond donors (Lipinski definition) is 9. The number of anilines is 3. The Labute approximate surface area is 917 Å². The molecular formula is C110H92Cl13N9O18. The van der Waals surface area contributed by atoms with Crippen molar-refractivity contribution >= 4 is 335 Å². The molecule has 2 aliphatic carbocycles. The molecule has 27 nitrogen and oxygen atoms in total. The summed E-state index contributed by atoms with van der Waals surface area (Å²) in [6.45, 7) is 6.57. The van der Waals surface area contributed by atoms with E-state index in [0.29, 0.717) is 143 Å². The Morgan fingerprint density at radius 1 is 0.300 bits per heavy atom. The Morgan fingerprint density at radius 3 is 1.00 bits per heavy atom. The maximum Gasteiger partial charge on any atom is 0.323 e. The van der Waals surface area contributed by atoms with E-state index in [0.717, 1.165) is 47.5 Å². The molecule has 2 fully saturated rings. The number of para-hydroxylation sites is 1. The maximum absolute atomic E-state index is 13.2. The topological polar surface area (TPSA) is 392 Å². The summed E-state index contributed by atoms with van der Waals surface area (Å²) in [5, 5.41) is 73.2. The predicted octanol–water partition coefficient (Wildman–Crippen LogP) is 27.7. The normalized spacial score (nSPS) is 12.8. The summed E-state index contributed by atoms with van der Waals surface area (Å²) in [5.41, 5.74) is 8.39. The molecule has 6 aromatic heterocycles. The minimum Gasteiger partial charge on any atom is -0.480 e. The minimum absolute atomic E-state index is 0.0632. The highest BCUT2D eigenvalue weighted by Crippen LogP contribution is 2.42. The molecule has 0 spiro atoms. The Balaban J connectivity index is 0.000000135. The smallest absolute Gasteiger partial charge is 0.323 e. The summed E-state index contributed by atoms with van der Waals surface area (Å²) < 4.78 is 9.16. The van der Waals surface area contributed by atoms with Gasteiger partial charge in [0, 0.05) is 100 Å². The van der Waals surface area contributed by atoms with E-state index < -0.39 is 35.8 Å². The fraction of sp³-hybridized carbons (Fsp3) is 0.236. The molecule has 12 aromatic carbocycles. The van der Waals surface area contributed by atoms with Crippen molar-refractivity contribution in [2.75, 3.05) is 22.5 Å². The summed E-state index contributed by atoms with van der Waals surface area (Å²) in [4.78, 5) is 145. The maximum atomic E-state index is 13.2. The van der Waals surface area contributed by atoms with E-state index in [2.05, 4.69) is 16.0 Å². The van der Waals surface area contributed by atoms with Gasteiger partial charge in [0.1, 0.15) is 39.3 Å². The number of fused-ring (bicyclic) bond motifs is 12. The Kier molecular flexibility index (Phi) is 35.7. The molecule has 18 aromatic rings. The van der Waals surface area contributed by atoms with Crippen LogP contribution in [0.5, 0.6) is 0 Å². The van der Waals surface area contributed by atoms with Gasteiger partial charge in [-0.2, -0.15) is 0 Å². The number of carbonyl (C=O) groups is 6. The molecule has 40 heteroatoms. The third kappa shape index (κ3) is 23.8. The van der Waals surface area contributed by atoms with Crippen molar-refractivity contribution in [2.24, 2.45) is 5.92 Å². The summed E-state index contributed by atoms with van der Waals surface area (Å²) in [5.74, 6) is -5.53. The second-order valence-electron chi connectivity index (χ2n) is 36.5. The van der Waals surface area contributed by atoms with Crippen LogP contribution in [0, 0.1) is 12.8 Å². The number of halogens is 13. The summed E-state index contributed by atoms with van der Waals surface area (Å²) >= 11 is 80.4. The van der Waals surface area contributed by atoms with Gasteiger partial charge in [-0.1, -0.05) is 238 Å². The molecule has 0 bridgehead atoms. The van der Waals surface area contributed by atoms with Crippen LogP contribution < -0.4 is 48.5 Å². The SMILES string of the molecule is CC(C)Nc1ccc2c(=O)c3ccc(Cl)c(Cl)c3n(CC(=O)O)c2c1.CCNc1ccc2c(=O)c3ccc(Cl)c(Cl)c3n(CC(=O)O)c2c1.Cc1ccc2c(c1)c(=O)c1ccc(Cl)c(Cl)c1n2CC(=O)O.O=C(O)Cn1c2cc(NC3CCCCCC3)ccc2c(=O)c2ccc(Cl)c(Cl)c21.O=C(O)Cn1c2ccc(CC3CCCCC3)cc2c(=O)c2ccc(Cl)c(Cl)c21.O=C(O)Cn1c2ccccc2c(=O)c2cc(Cl)c(Cl)c(Cl)c21. The standard InChI is InChI=1S/C22H22Cl2N2O3.C22H21Cl2NO3.C18H16Cl2N2O3.C17H14Cl2N2O3.C16H11Cl2NO3.C15H8Cl3NO3/c23-17-10-9-16-21(20(17)24)26(12-19(27)28)18-11-14(7-8-15(18)22(16)29)25-13-5-3-1-2-4-6-13;23-17-8-7-15-21(20(17)24)25(12-19(26)27)18-9-6-14(11-16(18)22(15)28)10-13-4-2-1-3-5-13;1-9(2)21-10-3-4-11-14(7-10)22(8-15(23)24)17-12(18(11)25)5-6-13(19)16(17)20;1-2-20-9-3-4-10-13(7-9)21(8-14(22)23)16-11(17(10)24)5-6-12(18)15(16)19;1-8-2-5-12-10(6-8)16(22)9-3-4-11(17)14(18)15(9)19(12)7-13(20)21;16-9-5-8-14(13(18)12(9)17)19(6-11(20)21)10-4-2-1-3-7(10)15(8)22/h7-11,13,25H,1-6,12H2,(H,27,28);6-9,11,13H,1-5,10,12H2,(H,26,27);3-7,9,21H,8H2,1-2H3,(H,23,24);3-7,20H,2,8H2,1H3,(H,22,23);2-6H,7H2,1H3,(H,20,21);1-5H,6H2,(H,20,21). The minimum atomic E-state index is -1.06. The number of nitrogens with zero attached hydrogens (tertiary/aromatic N) is 6. The third-order valence-corrected chi connectivity index (χ3v) is 31.2. The first-order chi connectivity index (χ1) is 71.4. The zero-order chi connectivity index (χ0) is 108. The lowest BCUT2D eigenvalue weighted by Gasteiger charge is -2.22. The summed E-state index contributed by atoms with van der Waals surface area (Å²) in [6.07, 6.45) is 14.4. The average Bonchev–Trinajstić information content (AvgIpc) is 0.780. The highest BCUT2D eigenvalue weighted by molar-refractivity contribution is 6.51. The molecule has 20 rings (SSSR count). The molecule has 0 unspecified atom stereocenters. The van der Waals surface area contributed by atoms with Gasteiger partial charge in [-0.25, -0.2) is 0 Å². The van der Waals surface area contributed by atoms with Crippen LogP contribution in [-0.2, 0) is 74.5 Å². The summed E-state index contributed by atoms with van der Waals surface area (Å²) in [7, 11) is 0. The van der Waals surface area contributed by atoms with Crippen molar-refractivity contribution < 1.29 is 59.4 Å². The summed E-state index contributed by atoms with van der Waals surface area (Å²) in [6, 6.07) is 51.5. The van der Waals surface area contributed by atoms with Gasteiger partial charge >= 0.3 is 35.8 Å². The highest BCUT2D eigenvalue weighted by atomic mass is 35.5. The van der Waals surface area contributed by atoms with Gasteiger partial charge in [-0.15, -0.1) is 0 Å². The fourth-order valence-corrected chi connectivity index (χ4v) is 22.3. The predicted molar refractivity (Wildman–Crippen MR) is 608 cm³/mol. The van der Waals surface area contributed by atoms with Crippen molar-refractivity contribution in [1.82, 2.24) is 27.4 Å². The number of rotatable bonds is 20. The van der Waals surface area contributed by atoms with Crippen molar-refractivity contribution in [3.8, 4) is 0 Å². The zero-order valence-corrected chi connectivity index (χ0v) is 90.0. The lowest BCUT2D eigenvalue weighted by Crippen LogP contribution is -2.19. The van der Waals surface area contributed by atoms with Gasteiger partial charge in [-0.3, -0.25) is 57.5 Å². The number of nitrogens with one attached hydrogen (secondary N) is 3. The van der Waals surface area contributed by atoms with Crippen LogP contribution in [0.4, 0.5) is 17.1 Å². The highest BCUT2D eigenvalue weighted by Gasteiger charge is 2.28. The van der Waals surface area contributed by atoms with Crippen LogP contribution >= 0.6 is 151 Å². The van der Waals surface area contributed by atoms with E-state index >= 15 is 0 Å². The van der Waals surface area contributed by atoms with Gasteiger partial charge in [0.2, 0.25) is 0 Å². The van der Waals surface area contributed by atoms with Gasteiger partial charge in [-0.05, 0) is 216 Å². The lowest BCUT2D eigenvalue weighted by molar-refractivity contribution is -0.138. The zero-order valence-electron chi connectivity index (χ0n) is 80.2. The van der Waals surface area contributed by atoms with E-state index in [-0.39, 0.29) is 149 Å². The molecule has 0 saturated heterocycles. The first kappa shape index (κ1) is 112. The average molecular weight is 2290 g/mol. The van der Waals surface area contributed by atoms with E-state index in [9.17, 15) is 83.1 Å². The van der Waals surface area contributed by atoms with Crippen molar-refractivity contribution in [1.29, 1.82) is 0 Å². The number of aromatic nitrogens is 6. The van der Waals surface area contributed by atoms with Crippen LogP contribution in [0.25, 0.3) is 131 Å². The largest absolute Gasteiger partial charge is 0.480 e. The lowest BCUT2D eigenvalue weighted by atomic mass is 9.84. The van der Waals surface area contributed by atoms with Gasteiger partial charge in [0.25, 0.3) is 0 Å². The molecule has 776 valence electrons. The second kappa shape index (κ2) is 48.0. The fourth-order valence-electron chi connectivity index (χ4n) is 19.5. The van der Waals surface area contributed by atoms with E-state index in [1.54, 1.807) is 143 Å². The van der Waals surface area contributed by atoms with Crippen molar-refractivity contribution in [3.63, 3.8) is 0 Å². The van der Waals surface area contributed by atoms with Crippen LogP contribution in [0.15, 0.2) is 211 Å². The van der Waals surface area contributed by atoms with Gasteiger partial charge in [0.15, 0.2) is 32.6 Å². The van der Waals surface area contributed by atoms with Crippen molar-refractivity contribution in [3.05, 3.63) is 320 Å². The van der Waals surface area contributed by atoms with Crippen LogP contribution in [0.3, 0.4) is 0 Å². The molecule has 0 radical (unpaired) electrons. The molecule has 0 atom stereocenters. The molecule has 150 heavy (non-hydrogen) atoms. The number of hydrogen-bond acceptors (Lipinski definition) is 15. The van der Waals surface area contributed by atoms with Gasteiger partial charge < -0.3 is 74.0 Å². The molecule has 0 aliphatic heterocycles. The first-order valence-corrected chi connectivity index (χ1v) is 52.2. The van der Waals surface area contributed by atoms with Crippen molar-refractivity contribution in [2.45, 2.75) is 156 Å². The number of carboxylic acid groups (broad SMARTS) is 6. The Bertz CT molecular complexity index is 8990. The Hall–Kier alpha value is -12.6. The van der Waals surface area contributed by atoms with Crippen LogP contribution in [0.1, 0.15) is 103 Å².